The Morgan fingerprint density at radius 2 is 2.15 bits per heavy atom. The van der Waals surface area contributed by atoms with Gasteiger partial charge >= 0.3 is 0 Å². The van der Waals surface area contributed by atoms with E-state index in [-0.39, 0.29) is 18.2 Å². The summed E-state index contributed by atoms with van der Waals surface area (Å²) in [6.45, 7) is 4.33. The molecular formula is C19H26N4O4. The zero-order valence-electron chi connectivity index (χ0n) is 15.5. The standard InChI is InChI=1S/C19H26N4O4/c1-12(24)9-22(7-6-20)10-13-2-3-14-11-23(19(27)15(14)8-13)16-4-5-17(25)21-18(16)26/h2-3,8,12,16,24H,4-7,9-11,20H2,1H3,(H,21,25,26). The topological polar surface area (TPSA) is 116 Å². The van der Waals surface area contributed by atoms with E-state index in [0.29, 0.717) is 44.7 Å². The van der Waals surface area contributed by atoms with Crippen molar-refractivity contribution in [3.63, 3.8) is 0 Å². The van der Waals surface area contributed by atoms with Gasteiger partial charge in [0.25, 0.3) is 5.91 Å². The molecule has 1 aromatic rings. The number of piperidine rings is 1. The maximum Gasteiger partial charge on any atom is 0.255 e. The van der Waals surface area contributed by atoms with Crippen molar-refractivity contribution in [1.82, 2.24) is 15.1 Å². The summed E-state index contributed by atoms with van der Waals surface area (Å²) in [6, 6.07) is 5.13. The molecule has 1 saturated heterocycles. The lowest BCUT2D eigenvalue weighted by Gasteiger charge is -2.29. The number of nitrogens with zero attached hydrogens (tertiary/aromatic N) is 2. The second-order valence-corrected chi connectivity index (χ2v) is 7.26. The molecule has 4 N–H and O–H groups in total. The van der Waals surface area contributed by atoms with Crippen LogP contribution >= 0.6 is 0 Å². The van der Waals surface area contributed by atoms with Crippen LogP contribution in [0, 0.1) is 0 Å². The van der Waals surface area contributed by atoms with Gasteiger partial charge in [-0.1, -0.05) is 12.1 Å². The minimum atomic E-state index is -0.602. The maximum atomic E-state index is 12.9. The highest BCUT2D eigenvalue weighted by Gasteiger charge is 2.39. The van der Waals surface area contributed by atoms with Gasteiger partial charge in [0.15, 0.2) is 0 Å². The molecule has 2 aliphatic heterocycles. The van der Waals surface area contributed by atoms with Gasteiger partial charge in [-0.15, -0.1) is 0 Å². The molecule has 1 fully saturated rings. The lowest BCUT2D eigenvalue weighted by atomic mass is 10.0. The van der Waals surface area contributed by atoms with Crippen LogP contribution < -0.4 is 11.1 Å². The molecular weight excluding hydrogens is 348 g/mol. The number of hydrogen-bond donors (Lipinski definition) is 3. The minimum Gasteiger partial charge on any atom is -0.392 e. The number of fused-ring (bicyclic) bond motifs is 1. The zero-order valence-corrected chi connectivity index (χ0v) is 15.5. The lowest BCUT2D eigenvalue weighted by molar-refractivity contribution is -0.136. The monoisotopic (exact) mass is 374 g/mol. The number of amides is 3. The van der Waals surface area contributed by atoms with Crippen molar-refractivity contribution in [2.45, 2.75) is 45.0 Å². The van der Waals surface area contributed by atoms with Crippen molar-refractivity contribution in [1.29, 1.82) is 0 Å². The molecule has 2 heterocycles. The van der Waals surface area contributed by atoms with Crippen LogP contribution in [-0.4, -0.2) is 64.4 Å². The molecule has 8 nitrogen and oxygen atoms in total. The number of rotatable bonds is 7. The van der Waals surface area contributed by atoms with Gasteiger partial charge in [0.2, 0.25) is 11.8 Å². The molecule has 3 amide bonds. The van der Waals surface area contributed by atoms with Gasteiger partial charge in [-0.2, -0.15) is 0 Å². The van der Waals surface area contributed by atoms with E-state index in [9.17, 15) is 19.5 Å². The first-order chi connectivity index (χ1) is 12.9. The van der Waals surface area contributed by atoms with Gasteiger partial charge in [0, 0.05) is 44.7 Å². The summed E-state index contributed by atoms with van der Waals surface area (Å²) in [5, 5.41) is 12.0. The summed E-state index contributed by atoms with van der Waals surface area (Å²) in [4.78, 5) is 39.9. The smallest absolute Gasteiger partial charge is 0.255 e. The van der Waals surface area contributed by atoms with Gasteiger partial charge in [0.05, 0.1) is 6.10 Å². The fourth-order valence-corrected chi connectivity index (χ4v) is 3.75. The molecule has 0 aliphatic carbocycles. The molecule has 0 radical (unpaired) electrons. The average Bonchev–Trinajstić information content (AvgIpc) is 2.91. The van der Waals surface area contributed by atoms with Crippen LogP contribution in [0.5, 0.6) is 0 Å². The highest BCUT2D eigenvalue weighted by atomic mass is 16.3. The second kappa shape index (κ2) is 8.16. The van der Waals surface area contributed by atoms with Crippen LogP contribution in [0.15, 0.2) is 18.2 Å². The Hall–Kier alpha value is -2.29. The fraction of sp³-hybridized carbons (Fsp3) is 0.526. The predicted molar refractivity (Wildman–Crippen MR) is 98.5 cm³/mol. The van der Waals surface area contributed by atoms with E-state index in [2.05, 4.69) is 5.32 Å². The van der Waals surface area contributed by atoms with Crippen molar-refractivity contribution < 1.29 is 19.5 Å². The van der Waals surface area contributed by atoms with Crippen LogP contribution in [0.2, 0.25) is 0 Å². The van der Waals surface area contributed by atoms with Crippen LogP contribution in [0.25, 0.3) is 0 Å². The molecule has 3 rings (SSSR count). The van der Waals surface area contributed by atoms with Gasteiger partial charge in [0.1, 0.15) is 6.04 Å². The summed E-state index contributed by atoms with van der Waals surface area (Å²) in [5.41, 5.74) is 8.09. The van der Waals surface area contributed by atoms with Gasteiger partial charge in [-0.3, -0.25) is 24.6 Å². The Morgan fingerprint density at radius 1 is 1.37 bits per heavy atom. The SMILES string of the molecule is CC(O)CN(CCN)Cc1ccc2c(c1)C(=O)N(C1CCC(=O)NC1=O)C2. The number of benzene rings is 1. The number of nitrogens with two attached hydrogens (primary N) is 1. The Kier molecular flexibility index (Phi) is 5.88. The quantitative estimate of drug-likeness (QED) is 0.559. The first kappa shape index (κ1) is 19.5. The molecule has 0 saturated carbocycles. The number of nitrogens with one attached hydrogen (secondary N) is 1. The second-order valence-electron chi connectivity index (χ2n) is 7.26. The molecule has 8 heteroatoms. The Morgan fingerprint density at radius 3 is 2.81 bits per heavy atom. The third kappa shape index (κ3) is 4.35. The van der Waals surface area contributed by atoms with Crippen LogP contribution in [-0.2, 0) is 22.7 Å². The summed E-state index contributed by atoms with van der Waals surface area (Å²) >= 11 is 0. The number of carbonyl (C=O) groups is 3. The van der Waals surface area contributed by atoms with E-state index < -0.39 is 18.1 Å². The molecule has 2 aliphatic rings. The molecule has 27 heavy (non-hydrogen) atoms. The van der Waals surface area contributed by atoms with Crippen molar-refractivity contribution in [2.75, 3.05) is 19.6 Å². The number of carbonyl (C=O) groups excluding carboxylic acids is 3. The number of aliphatic hydroxyl groups is 1. The van der Waals surface area contributed by atoms with E-state index in [1.807, 2.05) is 23.1 Å². The average molecular weight is 374 g/mol. The normalized spacial score (nSPS) is 20.8. The maximum absolute atomic E-state index is 12.9. The zero-order chi connectivity index (χ0) is 19.6. The van der Waals surface area contributed by atoms with E-state index in [4.69, 9.17) is 5.73 Å². The van der Waals surface area contributed by atoms with Gasteiger partial charge in [-0.25, -0.2) is 0 Å². The molecule has 2 unspecified atom stereocenters. The number of imide groups is 1. The largest absolute Gasteiger partial charge is 0.392 e. The summed E-state index contributed by atoms with van der Waals surface area (Å²) < 4.78 is 0. The molecule has 2 atom stereocenters. The molecule has 1 aromatic carbocycles. The molecule has 0 spiro atoms. The van der Waals surface area contributed by atoms with Crippen molar-refractivity contribution in [3.05, 3.63) is 34.9 Å². The summed E-state index contributed by atoms with van der Waals surface area (Å²) in [7, 11) is 0. The first-order valence-corrected chi connectivity index (χ1v) is 9.26. The van der Waals surface area contributed by atoms with E-state index in [0.717, 1.165) is 11.1 Å². The molecule has 0 bridgehead atoms. The fourth-order valence-electron chi connectivity index (χ4n) is 3.75. The summed E-state index contributed by atoms with van der Waals surface area (Å²) in [6.07, 6.45) is 0.140. The van der Waals surface area contributed by atoms with Gasteiger partial charge < -0.3 is 15.7 Å². The van der Waals surface area contributed by atoms with E-state index in [1.54, 1.807) is 11.8 Å². The molecule has 146 valence electrons. The van der Waals surface area contributed by atoms with Gasteiger partial charge in [-0.05, 0) is 30.5 Å². The molecule has 0 aromatic heterocycles. The van der Waals surface area contributed by atoms with E-state index in [1.165, 1.54) is 0 Å². The number of aliphatic hydroxyl groups excluding tert-OH is 1. The van der Waals surface area contributed by atoms with Crippen LogP contribution in [0.3, 0.4) is 0 Å². The third-order valence-electron chi connectivity index (χ3n) is 4.97. The highest BCUT2D eigenvalue weighted by molar-refractivity contribution is 6.05. The summed E-state index contributed by atoms with van der Waals surface area (Å²) in [5.74, 6) is -0.873. The minimum absolute atomic E-state index is 0.178. The van der Waals surface area contributed by atoms with E-state index >= 15 is 0 Å². The van der Waals surface area contributed by atoms with Crippen molar-refractivity contribution in [2.24, 2.45) is 5.73 Å². The van der Waals surface area contributed by atoms with Crippen LogP contribution in [0.1, 0.15) is 41.3 Å². The predicted octanol–water partition coefficient (Wildman–Crippen LogP) is -0.411. The highest BCUT2D eigenvalue weighted by Crippen LogP contribution is 2.28. The third-order valence-corrected chi connectivity index (χ3v) is 4.97. The van der Waals surface area contributed by atoms with Crippen LogP contribution in [0.4, 0.5) is 0 Å². The van der Waals surface area contributed by atoms with Crippen molar-refractivity contribution in [3.8, 4) is 0 Å². The Labute approximate surface area is 158 Å². The lowest BCUT2D eigenvalue weighted by Crippen LogP contribution is -2.52. The van der Waals surface area contributed by atoms with Crippen molar-refractivity contribution >= 4 is 17.7 Å². The number of hydrogen-bond acceptors (Lipinski definition) is 6. The Balaban J connectivity index is 1.74. The Bertz CT molecular complexity index is 749. The first-order valence-electron chi connectivity index (χ1n) is 9.26.